The Kier molecular flexibility index (Phi) is 2.65. The highest BCUT2D eigenvalue weighted by molar-refractivity contribution is 6.31. The number of aryl methyl sites for hydroxylation is 1. The molecule has 0 amide bonds. The van der Waals surface area contributed by atoms with Crippen molar-refractivity contribution in [3.05, 3.63) is 52.7 Å². The number of hydrogen-bond donors (Lipinski definition) is 1. The first-order valence-corrected chi connectivity index (χ1v) is 7.04. The predicted molar refractivity (Wildman–Crippen MR) is 80.5 cm³/mol. The first kappa shape index (κ1) is 13.1. The molecule has 1 aliphatic rings. The molecule has 6 nitrogen and oxygen atoms in total. The molecule has 1 aromatic carbocycles. The molecule has 0 radical (unpaired) electrons. The van der Waals surface area contributed by atoms with Crippen LogP contribution in [0.25, 0.3) is 16.9 Å². The smallest absolute Gasteiger partial charge is 0.356 e. The molecule has 0 atom stereocenters. The van der Waals surface area contributed by atoms with Gasteiger partial charge in [-0.25, -0.2) is 9.78 Å². The molecule has 3 heterocycles. The van der Waals surface area contributed by atoms with Crippen LogP contribution in [0.1, 0.15) is 21.7 Å². The summed E-state index contributed by atoms with van der Waals surface area (Å²) < 4.78 is 3.53. The van der Waals surface area contributed by atoms with Crippen molar-refractivity contribution in [1.82, 2.24) is 19.3 Å². The third kappa shape index (κ3) is 1.77. The van der Waals surface area contributed by atoms with E-state index in [1.54, 1.807) is 15.3 Å². The van der Waals surface area contributed by atoms with Gasteiger partial charge in [-0.1, -0.05) is 11.6 Å². The summed E-state index contributed by atoms with van der Waals surface area (Å²) in [5.41, 5.74) is 4.18. The molecule has 0 saturated heterocycles. The van der Waals surface area contributed by atoms with Gasteiger partial charge in [0.25, 0.3) is 0 Å². The van der Waals surface area contributed by atoms with Crippen molar-refractivity contribution in [3.63, 3.8) is 0 Å². The predicted octanol–water partition coefficient (Wildman–Crippen LogP) is 2.53. The van der Waals surface area contributed by atoms with Gasteiger partial charge in [0.05, 0.1) is 17.1 Å². The van der Waals surface area contributed by atoms with E-state index >= 15 is 0 Å². The molecule has 0 unspecified atom stereocenters. The first-order valence-electron chi connectivity index (χ1n) is 6.67. The Hall–Kier alpha value is -2.60. The van der Waals surface area contributed by atoms with E-state index in [0.29, 0.717) is 17.1 Å². The van der Waals surface area contributed by atoms with E-state index in [2.05, 4.69) is 10.1 Å². The number of benzene rings is 1. The number of aromatic carboxylic acids is 1. The fourth-order valence-electron chi connectivity index (χ4n) is 2.91. The van der Waals surface area contributed by atoms with E-state index in [1.807, 2.05) is 25.4 Å². The maximum atomic E-state index is 11.4. The van der Waals surface area contributed by atoms with Gasteiger partial charge in [0.15, 0.2) is 5.69 Å². The van der Waals surface area contributed by atoms with Crippen molar-refractivity contribution in [2.24, 2.45) is 7.05 Å². The lowest BCUT2D eigenvalue weighted by atomic mass is 10.0. The number of aromatic nitrogens is 4. The third-order valence-corrected chi connectivity index (χ3v) is 4.04. The van der Waals surface area contributed by atoms with Gasteiger partial charge in [0, 0.05) is 35.8 Å². The maximum Gasteiger partial charge on any atom is 0.356 e. The minimum absolute atomic E-state index is 0.0672. The molecule has 1 N–H and O–H groups in total. The first-order chi connectivity index (χ1) is 10.5. The van der Waals surface area contributed by atoms with E-state index in [9.17, 15) is 9.90 Å². The van der Waals surface area contributed by atoms with Crippen LogP contribution in [0.5, 0.6) is 0 Å². The maximum absolute atomic E-state index is 11.4. The molecule has 22 heavy (non-hydrogen) atoms. The highest BCUT2D eigenvalue weighted by Gasteiger charge is 2.26. The van der Waals surface area contributed by atoms with Crippen LogP contribution in [0.4, 0.5) is 0 Å². The summed E-state index contributed by atoms with van der Waals surface area (Å²) in [4.78, 5) is 15.5. The number of halogens is 1. The van der Waals surface area contributed by atoms with E-state index in [1.165, 1.54) is 6.33 Å². The standard InChI is InChI=1S/C15H11ClN4O2/c1-19-6-8-4-12-14(15(21)22)17-7-20(12)11-3-2-9(16)5-10(11)13(8)18-19/h2-3,5-7H,4H2,1H3,(H,21,22). The number of carbonyl (C=O) groups is 1. The molecule has 110 valence electrons. The zero-order valence-corrected chi connectivity index (χ0v) is 12.4. The van der Waals surface area contributed by atoms with E-state index in [-0.39, 0.29) is 5.69 Å². The number of rotatable bonds is 1. The van der Waals surface area contributed by atoms with E-state index in [0.717, 1.165) is 22.5 Å². The summed E-state index contributed by atoms with van der Waals surface area (Å²) in [6.45, 7) is 0. The zero-order chi connectivity index (χ0) is 15.4. The SMILES string of the molecule is Cn1cc2c(n1)-c1cc(Cl)ccc1-n1cnc(C(=O)O)c1C2. The quantitative estimate of drug-likeness (QED) is 0.586. The van der Waals surface area contributed by atoms with Crippen LogP contribution in [-0.4, -0.2) is 30.4 Å². The molecular weight excluding hydrogens is 304 g/mol. The lowest BCUT2D eigenvalue weighted by molar-refractivity contribution is 0.0690. The van der Waals surface area contributed by atoms with Crippen LogP contribution >= 0.6 is 11.6 Å². The average molecular weight is 315 g/mol. The molecule has 0 fully saturated rings. The lowest BCUT2D eigenvalue weighted by Gasteiger charge is -2.09. The number of nitrogens with zero attached hydrogens (tertiary/aromatic N) is 4. The number of carboxylic acid groups (broad SMARTS) is 1. The summed E-state index contributed by atoms with van der Waals surface area (Å²) in [6, 6.07) is 5.48. The zero-order valence-electron chi connectivity index (χ0n) is 11.6. The second-order valence-corrected chi connectivity index (χ2v) is 5.67. The van der Waals surface area contributed by atoms with Gasteiger partial charge in [-0.15, -0.1) is 0 Å². The van der Waals surface area contributed by atoms with Gasteiger partial charge in [0.1, 0.15) is 6.33 Å². The number of fused-ring (bicyclic) bond motifs is 5. The summed E-state index contributed by atoms with van der Waals surface area (Å²) in [5, 5.41) is 14.5. The Balaban J connectivity index is 2.09. The Morgan fingerprint density at radius 3 is 3.00 bits per heavy atom. The summed E-state index contributed by atoms with van der Waals surface area (Å²) in [5.74, 6) is -1.03. The van der Waals surface area contributed by atoms with Crippen LogP contribution in [-0.2, 0) is 13.5 Å². The molecule has 0 bridgehead atoms. The van der Waals surface area contributed by atoms with Crippen LogP contribution in [0.2, 0.25) is 5.02 Å². The number of carboxylic acids is 1. The van der Waals surface area contributed by atoms with Gasteiger partial charge in [-0.3, -0.25) is 4.68 Å². The van der Waals surface area contributed by atoms with E-state index in [4.69, 9.17) is 11.6 Å². The highest BCUT2D eigenvalue weighted by Crippen LogP contribution is 2.36. The number of hydrogen-bond acceptors (Lipinski definition) is 3. The number of imidazole rings is 1. The second-order valence-electron chi connectivity index (χ2n) is 5.23. The summed E-state index contributed by atoms with van der Waals surface area (Å²) in [7, 11) is 1.84. The van der Waals surface area contributed by atoms with Crippen molar-refractivity contribution in [2.75, 3.05) is 0 Å². The fraction of sp³-hybridized carbons (Fsp3) is 0.133. The molecule has 1 aliphatic heterocycles. The lowest BCUT2D eigenvalue weighted by Crippen LogP contribution is -2.05. The minimum Gasteiger partial charge on any atom is -0.476 e. The van der Waals surface area contributed by atoms with Crippen LogP contribution in [0.3, 0.4) is 0 Å². The molecule has 4 rings (SSSR count). The molecular formula is C15H11ClN4O2. The van der Waals surface area contributed by atoms with Crippen LogP contribution < -0.4 is 0 Å². The monoisotopic (exact) mass is 314 g/mol. The minimum atomic E-state index is -1.03. The Morgan fingerprint density at radius 1 is 1.41 bits per heavy atom. The van der Waals surface area contributed by atoms with Crippen molar-refractivity contribution in [3.8, 4) is 16.9 Å². The van der Waals surface area contributed by atoms with E-state index < -0.39 is 5.97 Å². The average Bonchev–Trinajstić information content (AvgIpc) is 3.01. The van der Waals surface area contributed by atoms with Gasteiger partial charge in [0.2, 0.25) is 0 Å². The Labute approximate surface area is 130 Å². The largest absolute Gasteiger partial charge is 0.476 e. The van der Waals surface area contributed by atoms with Crippen LogP contribution in [0, 0.1) is 0 Å². The van der Waals surface area contributed by atoms with Crippen molar-refractivity contribution in [1.29, 1.82) is 0 Å². The normalized spacial score (nSPS) is 12.3. The van der Waals surface area contributed by atoms with Crippen LogP contribution in [0.15, 0.2) is 30.7 Å². The topological polar surface area (TPSA) is 72.9 Å². The van der Waals surface area contributed by atoms with Gasteiger partial charge in [-0.2, -0.15) is 5.10 Å². The molecule has 0 saturated carbocycles. The highest BCUT2D eigenvalue weighted by atomic mass is 35.5. The molecule has 3 aromatic rings. The molecule has 7 heteroatoms. The third-order valence-electron chi connectivity index (χ3n) is 3.80. The second kappa shape index (κ2) is 4.45. The molecule has 0 spiro atoms. The van der Waals surface area contributed by atoms with Gasteiger partial charge in [-0.05, 0) is 18.2 Å². The van der Waals surface area contributed by atoms with Crippen molar-refractivity contribution in [2.45, 2.75) is 6.42 Å². The fourth-order valence-corrected chi connectivity index (χ4v) is 3.08. The summed E-state index contributed by atoms with van der Waals surface area (Å²) >= 11 is 6.13. The van der Waals surface area contributed by atoms with Gasteiger partial charge < -0.3 is 9.67 Å². The van der Waals surface area contributed by atoms with Crippen molar-refractivity contribution < 1.29 is 9.90 Å². The molecule has 0 aliphatic carbocycles. The molecule has 2 aromatic heterocycles. The Morgan fingerprint density at radius 2 is 2.23 bits per heavy atom. The van der Waals surface area contributed by atoms with Crippen molar-refractivity contribution >= 4 is 17.6 Å². The summed E-state index contributed by atoms with van der Waals surface area (Å²) in [6.07, 6.45) is 3.89. The van der Waals surface area contributed by atoms with Gasteiger partial charge >= 0.3 is 5.97 Å². The Bertz CT molecular complexity index is 926.